The minimum atomic E-state index is 0.233. The normalized spacial score (nSPS) is 24.0. The van der Waals surface area contributed by atoms with Crippen molar-refractivity contribution in [2.24, 2.45) is 5.92 Å². The zero-order valence-corrected chi connectivity index (χ0v) is 14.5. The Hall–Kier alpha value is -1.91. The van der Waals surface area contributed by atoms with E-state index < -0.39 is 0 Å². The molecule has 2 atom stereocenters. The lowest BCUT2D eigenvalue weighted by Gasteiger charge is -2.47. The second-order valence-corrected chi connectivity index (χ2v) is 6.94. The van der Waals surface area contributed by atoms with Crippen LogP contribution in [0, 0.1) is 5.92 Å². The largest absolute Gasteiger partial charge is 0.342 e. The van der Waals surface area contributed by atoms with E-state index >= 15 is 0 Å². The van der Waals surface area contributed by atoms with Crippen molar-refractivity contribution >= 4 is 11.8 Å². The molecule has 2 aliphatic heterocycles. The van der Waals surface area contributed by atoms with Crippen LogP contribution in [0.15, 0.2) is 24.5 Å². The number of aromatic nitrogens is 1. The standard InChI is InChI=1S/C19H27N3O2/c1-2-11-22-17-9-12-21(14-16(17)6-8-19(22)24)18(23)7-5-15-4-3-10-20-13-15/h3-4,10,13,16-17H,2,5-9,11-12,14H2,1H3. The smallest absolute Gasteiger partial charge is 0.222 e. The van der Waals surface area contributed by atoms with Crippen LogP contribution in [-0.4, -0.2) is 52.3 Å². The Labute approximate surface area is 144 Å². The van der Waals surface area contributed by atoms with Gasteiger partial charge in [-0.3, -0.25) is 14.6 Å². The highest BCUT2D eigenvalue weighted by Gasteiger charge is 2.39. The number of hydrogen-bond acceptors (Lipinski definition) is 3. The molecule has 0 N–H and O–H groups in total. The van der Waals surface area contributed by atoms with Gasteiger partial charge in [0.05, 0.1) is 0 Å². The molecule has 24 heavy (non-hydrogen) atoms. The number of likely N-dealkylation sites (tertiary alicyclic amines) is 2. The Morgan fingerprint density at radius 1 is 1.38 bits per heavy atom. The summed E-state index contributed by atoms with van der Waals surface area (Å²) in [7, 11) is 0. The number of amides is 2. The summed E-state index contributed by atoms with van der Waals surface area (Å²) in [5.74, 6) is 0.982. The number of hydrogen-bond donors (Lipinski definition) is 0. The average molecular weight is 329 g/mol. The van der Waals surface area contributed by atoms with Crippen LogP contribution in [0.2, 0.25) is 0 Å². The average Bonchev–Trinajstić information content (AvgIpc) is 2.62. The molecule has 5 nitrogen and oxygen atoms in total. The fourth-order valence-electron chi connectivity index (χ4n) is 4.06. The third kappa shape index (κ3) is 3.77. The van der Waals surface area contributed by atoms with E-state index in [-0.39, 0.29) is 5.91 Å². The van der Waals surface area contributed by atoms with Gasteiger partial charge in [-0.25, -0.2) is 0 Å². The van der Waals surface area contributed by atoms with Gasteiger partial charge in [0.1, 0.15) is 0 Å². The van der Waals surface area contributed by atoms with E-state index in [1.807, 2.05) is 23.2 Å². The molecule has 0 saturated carbocycles. The van der Waals surface area contributed by atoms with Crippen molar-refractivity contribution < 1.29 is 9.59 Å². The molecular weight excluding hydrogens is 302 g/mol. The molecular formula is C19H27N3O2. The Bertz CT molecular complexity index is 575. The third-order valence-electron chi connectivity index (χ3n) is 5.31. The maximum Gasteiger partial charge on any atom is 0.222 e. The molecule has 2 aliphatic rings. The van der Waals surface area contributed by atoms with E-state index in [0.717, 1.165) is 50.9 Å². The molecule has 0 bridgehead atoms. The van der Waals surface area contributed by atoms with Crippen LogP contribution in [0.5, 0.6) is 0 Å². The van der Waals surface area contributed by atoms with E-state index in [0.29, 0.717) is 30.7 Å². The number of piperidine rings is 2. The monoisotopic (exact) mass is 329 g/mol. The number of nitrogens with zero attached hydrogens (tertiary/aromatic N) is 3. The summed E-state index contributed by atoms with van der Waals surface area (Å²) in [6.45, 7) is 4.56. The van der Waals surface area contributed by atoms with Crippen molar-refractivity contribution in [2.45, 2.75) is 51.5 Å². The lowest BCUT2D eigenvalue weighted by Crippen LogP contribution is -2.57. The zero-order chi connectivity index (χ0) is 16.9. The maximum atomic E-state index is 12.5. The Kier molecular flexibility index (Phi) is 5.48. The number of carbonyl (C=O) groups is 2. The molecule has 0 aliphatic carbocycles. The summed E-state index contributed by atoms with van der Waals surface area (Å²) >= 11 is 0. The predicted molar refractivity (Wildman–Crippen MR) is 92.3 cm³/mol. The molecule has 2 unspecified atom stereocenters. The zero-order valence-electron chi connectivity index (χ0n) is 14.5. The number of aryl methyl sites for hydroxylation is 1. The van der Waals surface area contributed by atoms with Crippen LogP contribution in [0.25, 0.3) is 0 Å². The fraction of sp³-hybridized carbons (Fsp3) is 0.632. The molecule has 3 rings (SSSR count). The molecule has 5 heteroatoms. The van der Waals surface area contributed by atoms with Crippen LogP contribution in [0.1, 0.15) is 44.6 Å². The number of carbonyl (C=O) groups excluding carboxylic acids is 2. The quantitative estimate of drug-likeness (QED) is 0.833. The molecule has 1 aromatic heterocycles. The van der Waals surface area contributed by atoms with Crippen molar-refractivity contribution in [3.63, 3.8) is 0 Å². The summed E-state index contributed by atoms with van der Waals surface area (Å²) in [5.41, 5.74) is 1.11. The third-order valence-corrected chi connectivity index (χ3v) is 5.31. The summed E-state index contributed by atoms with van der Waals surface area (Å²) in [6.07, 6.45) is 8.36. The first-order valence-corrected chi connectivity index (χ1v) is 9.15. The highest BCUT2D eigenvalue weighted by molar-refractivity contribution is 5.78. The molecule has 2 amide bonds. The van der Waals surface area contributed by atoms with Gasteiger partial charge in [-0.05, 0) is 43.2 Å². The van der Waals surface area contributed by atoms with E-state index in [1.54, 1.807) is 6.20 Å². The highest BCUT2D eigenvalue weighted by atomic mass is 16.2. The maximum absolute atomic E-state index is 12.5. The Morgan fingerprint density at radius 2 is 2.25 bits per heavy atom. The van der Waals surface area contributed by atoms with Crippen molar-refractivity contribution in [3.05, 3.63) is 30.1 Å². The van der Waals surface area contributed by atoms with Crippen molar-refractivity contribution in [3.8, 4) is 0 Å². The van der Waals surface area contributed by atoms with Gasteiger partial charge in [0.15, 0.2) is 0 Å². The molecule has 0 radical (unpaired) electrons. The summed E-state index contributed by atoms with van der Waals surface area (Å²) in [5, 5.41) is 0. The topological polar surface area (TPSA) is 53.5 Å². The number of rotatable bonds is 5. The first-order valence-electron chi connectivity index (χ1n) is 9.15. The SMILES string of the molecule is CCCN1C(=O)CCC2CN(C(=O)CCc3cccnc3)CCC21. The first-order chi connectivity index (χ1) is 11.7. The predicted octanol–water partition coefficient (Wildman–Crippen LogP) is 2.26. The fourth-order valence-corrected chi connectivity index (χ4v) is 4.06. The summed E-state index contributed by atoms with van der Waals surface area (Å²) < 4.78 is 0. The van der Waals surface area contributed by atoms with Crippen LogP contribution in [0.4, 0.5) is 0 Å². The number of pyridine rings is 1. The molecule has 2 fully saturated rings. The van der Waals surface area contributed by atoms with E-state index in [2.05, 4.69) is 16.8 Å². The van der Waals surface area contributed by atoms with E-state index in [9.17, 15) is 9.59 Å². The first kappa shape index (κ1) is 16.9. The lowest BCUT2D eigenvalue weighted by molar-refractivity contribution is -0.144. The molecule has 0 spiro atoms. The molecule has 130 valence electrons. The van der Waals surface area contributed by atoms with Gasteiger partial charge in [-0.2, -0.15) is 0 Å². The van der Waals surface area contributed by atoms with Crippen LogP contribution in [0.3, 0.4) is 0 Å². The minimum absolute atomic E-state index is 0.233. The van der Waals surface area contributed by atoms with Gasteiger partial charge in [-0.15, -0.1) is 0 Å². The van der Waals surface area contributed by atoms with Crippen molar-refractivity contribution in [1.29, 1.82) is 0 Å². The van der Waals surface area contributed by atoms with Crippen LogP contribution < -0.4 is 0 Å². The molecule has 0 aromatic carbocycles. The molecule has 3 heterocycles. The molecule has 1 aromatic rings. The second kappa shape index (κ2) is 7.77. The van der Waals surface area contributed by atoms with Gasteiger partial charge in [-0.1, -0.05) is 13.0 Å². The van der Waals surface area contributed by atoms with Crippen molar-refractivity contribution in [2.75, 3.05) is 19.6 Å². The molecule has 2 saturated heterocycles. The van der Waals surface area contributed by atoms with E-state index in [4.69, 9.17) is 0 Å². The summed E-state index contributed by atoms with van der Waals surface area (Å²) in [4.78, 5) is 32.9. The second-order valence-electron chi connectivity index (χ2n) is 6.94. The van der Waals surface area contributed by atoms with Crippen LogP contribution >= 0.6 is 0 Å². The van der Waals surface area contributed by atoms with Gasteiger partial charge in [0.2, 0.25) is 11.8 Å². The van der Waals surface area contributed by atoms with Crippen LogP contribution in [-0.2, 0) is 16.0 Å². The van der Waals surface area contributed by atoms with Gasteiger partial charge in [0, 0.05) is 50.9 Å². The number of fused-ring (bicyclic) bond motifs is 1. The highest BCUT2D eigenvalue weighted by Crippen LogP contribution is 2.31. The summed E-state index contributed by atoms with van der Waals surface area (Å²) in [6, 6.07) is 4.27. The minimum Gasteiger partial charge on any atom is -0.342 e. The van der Waals surface area contributed by atoms with E-state index in [1.165, 1.54) is 0 Å². The van der Waals surface area contributed by atoms with Gasteiger partial charge in [0.25, 0.3) is 0 Å². The van der Waals surface area contributed by atoms with Gasteiger partial charge < -0.3 is 9.80 Å². The Morgan fingerprint density at radius 3 is 3.00 bits per heavy atom. The van der Waals surface area contributed by atoms with Gasteiger partial charge >= 0.3 is 0 Å². The Balaban J connectivity index is 1.54. The van der Waals surface area contributed by atoms with Crippen molar-refractivity contribution in [1.82, 2.24) is 14.8 Å². The lowest BCUT2D eigenvalue weighted by atomic mass is 9.83.